The summed E-state index contributed by atoms with van der Waals surface area (Å²) in [6.45, 7) is 0. The first kappa shape index (κ1) is 16.7. The van der Waals surface area contributed by atoms with Crippen molar-refractivity contribution in [1.82, 2.24) is 5.48 Å². The third kappa shape index (κ3) is 3.49. The van der Waals surface area contributed by atoms with Crippen LogP contribution < -0.4 is 5.48 Å². The average Bonchev–Trinajstić information content (AvgIpc) is 2.61. The molecule has 0 saturated heterocycles. The van der Waals surface area contributed by atoms with Gasteiger partial charge in [0.05, 0.1) is 10.6 Å². The molecule has 24 heavy (non-hydrogen) atoms. The molecule has 6 heteroatoms. The molecule has 2 aromatic carbocycles. The van der Waals surface area contributed by atoms with Crippen molar-refractivity contribution in [2.45, 2.75) is 29.9 Å². The normalized spacial score (nSPS) is 17.1. The van der Waals surface area contributed by atoms with E-state index in [2.05, 4.69) is 0 Å². The third-order valence-electron chi connectivity index (χ3n) is 4.44. The van der Waals surface area contributed by atoms with Gasteiger partial charge in [-0.15, -0.1) is 0 Å². The molecule has 0 fully saturated rings. The molecule has 0 aromatic heterocycles. The Morgan fingerprint density at radius 2 is 1.88 bits per heavy atom. The van der Waals surface area contributed by atoms with Gasteiger partial charge in [-0.3, -0.25) is 10.0 Å². The number of benzene rings is 2. The van der Waals surface area contributed by atoms with Crippen LogP contribution in [0.25, 0.3) is 0 Å². The quantitative estimate of drug-likeness (QED) is 0.658. The fourth-order valence-corrected chi connectivity index (χ4v) is 4.50. The number of nitrogens with one attached hydrogen (secondary N) is 1. The highest BCUT2D eigenvalue weighted by atomic mass is 32.2. The molecule has 0 aliphatic heterocycles. The molecule has 2 N–H and O–H groups in total. The van der Waals surface area contributed by atoms with Crippen LogP contribution in [-0.4, -0.2) is 19.5 Å². The largest absolute Gasteiger partial charge is 0.289 e. The van der Waals surface area contributed by atoms with Crippen LogP contribution in [0.2, 0.25) is 0 Å². The van der Waals surface area contributed by atoms with Gasteiger partial charge in [0.15, 0.2) is 9.84 Å². The van der Waals surface area contributed by atoms with Crippen LogP contribution in [0, 0.1) is 5.92 Å². The molecule has 3 rings (SSSR count). The van der Waals surface area contributed by atoms with Crippen molar-refractivity contribution in [3.8, 4) is 0 Å². The Labute approximate surface area is 141 Å². The van der Waals surface area contributed by atoms with Crippen LogP contribution >= 0.6 is 0 Å². The van der Waals surface area contributed by atoms with E-state index < -0.39 is 9.84 Å². The Morgan fingerprint density at radius 1 is 1.12 bits per heavy atom. The fourth-order valence-electron chi connectivity index (χ4n) is 3.15. The molecule has 0 heterocycles. The summed E-state index contributed by atoms with van der Waals surface area (Å²) in [6.07, 6.45) is 1.95. The molecule has 1 aliphatic carbocycles. The average molecular weight is 345 g/mol. The smallest absolute Gasteiger partial charge is 0.246 e. The summed E-state index contributed by atoms with van der Waals surface area (Å²) in [5, 5.41) is 8.79. The first-order valence-corrected chi connectivity index (χ1v) is 9.47. The minimum Gasteiger partial charge on any atom is -0.289 e. The maximum atomic E-state index is 12.5. The number of hydrogen-bond acceptors (Lipinski definition) is 4. The third-order valence-corrected chi connectivity index (χ3v) is 6.14. The monoisotopic (exact) mass is 345 g/mol. The number of rotatable bonds is 4. The van der Waals surface area contributed by atoms with Crippen molar-refractivity contribution in [1.29, 1.82) is 0 Å². The molecule has 2 aromatic rings. The highest BCUT2D eigenvalue weighted by Gasteiger charge is 2.25. The van der Waals surface area contributed by atoms with Gasteiger partial charge in [-0.2, -0.15) is 0 Å². The van der Waals surface area contributed by atoms with Gasteiger partial charge in [0.25, 0.3) is 0 Å². The number of carbonyl (C=O) groups is 1. The highest BCUT2D eigenvalue weighted by molar-refractivity contribution is 7.90. The maximum Gasteiger partial charge on any atom is 0.246 e. The Bertz CT molecular complexity index is 847. The van der Waals surface area contributed by atoms with Crippen LogP contribution in [0.5, 0.6) is 0 Å². The Kier molecular flexibility index (Phi) is 4.69. The molecule has 1 aliphatic rings. The summed E-state index contributed by atoms with van der Waals surface area (Å²) in [5.41, 5.74) is 4.53. The number of aryl methyl sites for hydroxylation is 1. The number of sulfone groups is 1. The first-order valence-electron chi connectivity index (χ1n) is 7.82. The predicted molar refractivity (Wildman–Crippen MR) is 89.2 cm³/mol. The molecular weight excluding hydrogens is 326 g/mol. The van der Waals surface area contributed by atoms with Gasteiger partial charge in [0, 0.05) is 5.92 Å². The van der Waals surface area contributed by atoms with Crippen LogP contribution in [0.3, 0.4) is 0 Å². The van der Waals surface area contributed by atoms with E-state index in [1.54, 1.807) is 35.8 Å². The van der Waals surface area contributed by atoms with Crippen molar-refractivity contribution in [2.75, 3.05) is 0 Å². The number of carbonyl (C=O) groups excluding carboxylic acids is 1. The maximum absolute atomic E-state index is 12.5. The molecule has 0 spiro atoms. The SMILES string of the molecule is O=C(NO)C1CCc2ccc(CS(=O)(=O)c3ccccc3)cc2C1. The zero-order chi connectivity index (χ0) is 17.2. The van der Waals surface area contributed by atoms with Crippen LogP contribution in [-0.2, 0) is 33.2 Å². The lowest BCUT2D eigenvalue weighted by Gasteiger charge is -2.23. The zero-order valence-corrected chi connectivity index (χ0v) is 13.9. The van der Waals surface area contributed by atoms with Crippen molar-refractivity contribution in [3.63, 3.8) is 0 Å². The van der Waals surface area contributed by atoms with E-state index in [1.165, 1.54) is 0 Å². The first-order chi connectivity index (χ1) is 11.5. The summed E-state index contributed by atoms with van der Waals surface area (Å²) in [7, 11) is -3.39. The second-order valence-corrected chi connectivity index (χ2v) is 8.08. The lowest BCUT2D eigenvalue weighted by atomic mass is 9.83. The van der Waals surface area contributed by atoms with Crippen molar-refractivity contribution < 1.29 is 18.4 Å². The summed E-state index contributed by atoms with van der Waals surface area (Å²) >= 11 is 0. The topological polar surface area (TPSA) is 83.5 Å². The summed E-state index contributed by atoms with van der Waals surface area (Å²) in [5.74, 6) is -0.729. The van der Waals surface area contributed by atoms with E-state index in [0.717, 1.165) is 17.5 Å². The second-order valence-electron chi connectivity index (χ2n) is 6.09. The van der Waals surface area contributed by atoms with Crippen molar-refractivity contribution in [3.05, 3.63) is 65.2 Å². The lowest BCUT2D eigenvalue weighted by molar-refractivity contribution is -0.133. The van der Waals surface area contributed by atoms with Gasteiger partial charge in [-0.1, -0.05) is 36.4 Å². The minimum absolute atomic E-state index is 0.0683. The van der Waals surface area contributed by atoms with Gasteiger partial charge in [-0.05, 0) is 48.1 Å². The lowest BCUT2D eigenvalue weighted by Crippen LogP contribution is -2.32. The molecule has 1 unspecified atom stereocenters. The summed E-state index contributed by atoms with van der Waals surface area (Å²) in [4.78, 5) is 11.9. The minimum atomic E-state index is -3.39. The van der Waals surface area contributed by atoms with E-state index >= 15 is 0 Å². The highest BCUT2D eigenvalue weighted by Crippen LogP contribution is 2.28. The molecule has 1 atom stereocenters. The second kappa shape index (κ2) is 6.75. The molecule has 126 valence electrons. The number of hydrogen-bond donors (Lipinski definition) is 2. The van der Waals surface area contributed by atoms with Crippen LogP contribution in [0.4, 0.5) is 0 Å². The van der Waals surface area contributed by atoms with E-state index in [0.29, 0.717) is 23.3 Å². The van der Waals surface area contributed by atoms with Crippen LogP contribution in [0.1, 0.15) is 23.1 Å². The Morgan fingerprint density at radius 3 is 2.58 bits per heavy atom. The molecule has 0 saturated carbocycles. The van der Waals surface area contributed by atoms with Crippen LogP contribution in [0.15, 0.2) is 53.4 Å². The van der Waals surface area contributed by atoms with E-state index in [4.69, 9.17) is 5.21 Å². The zero-order valence-electron chi connectivity index (χ0n) is 13.1. The summed E-state index contributed by atoms with van der Waals surface area (Å²) in [6, 6.07) is 14.0. The van der Waals surface area contributed by atoms with Gasteiger partial charge in [0.1, 0.15) is 0 Å². The van der Waals surface area contributed by atoms with Gasteiger partial charge in [0.2, 0.25) is 5.91 Å². The van der Waals surface area contributed by atoms with E-state index in [9.17, 15) is 13.2 Å². The number of amides is 1. The van der Waals surface area contributed by atoms with Crippen molar-refractivity contribution in [2.24, 2.45) is 5.92 Å². The van der Waals surface area contributed by atoms with Crippen molar-refractivity contribution >= 4 is 15.7 Å². The van der Waals surface area contributed by atoms with E-state index in [-0.39, 0.29) is 17.6 Å². The molecular formula is C18H19NO4S. The standard InChI is InChI=1S/C18H19NO4S/c20-18(19-21)15-9-8-14-7-6-13(10-16(14)11-15)12-24(22,23)17-4-2-1-3-5-17/h1-7,10,15,21H,8-9,11-12H2,(H,19,20). The van der Waals surface area contributed by atoms with Gasteiger partial charge >= 0.3 is 0 Å². The van der Waals surface area contributed by atoms with Gasteiger partial charge < -0.3 is 0 Å². The van der Waals surface area contributed by atoms with E-state index in [1.807, 2.05) is 18.2 Å². The molecule has 5 nitrogen and oxygen atoms in total. The predicted octanol–water partition coefficient (Wildman–Crippen LogP) is 2.27. The molecule has 0 radical (unpaired) electrons. The Balaban J connectivity index is 1.83. The number of hydroxylamine groups is 1. The summed E-state index contributed by atoms with van der Waals surface area (Å²) < 4.78 is 25.0. The van der Waals surface area contributed by atoms with Gasteiger partial charge in [-0.25, -0.2) is 13.9 Å². The molecule has 1 amide bonds. The number of fused-ring (bicyclic) bond motifs is 1. The fraction of sp³-hybridized carbons (Fsp3) is 0.278. The molecule has 0 bridgehead atoms. The Hall–Kier alpha value is -2.18.